The van der Waals surface area contributed by atoms with E-state index in [0.717, 1.165) is 6.54 Å². The average Bonchev–Trinajstić information content (AvgIpc) is 2.51. The topological polar surface area (TPSA) is 15.6 Å². The number of aliphatic imine (C=N–C) groups is 1. The molecule has 0 aromatic heterocycles. The van der Waals surface area contributed by atoms with Crippen LogP contribution in [0.1, 0.15) is 50.5 Å². The van der Waals surface area contributed by atoms with Gasteiger partial charge in [-0.05, 0) is 31.2 Å². The van der Waals surface area contributed by atoms with Crippen molar-refractivity contribution >= 4 is 5.71 Å². The molecule has 2 nitrogen and oxygen atoms in total. The fourth-order valence-electron chi connectivity index (χ4n) is 3.41. The minimum Gasteiger partial charge on any atom is -0.298 e. The number of benzene rings is 1. The molecule has 1 aliphatic heterocycles. The van der Waals surface area contributed by atoms with Gasteiger partial charge in [0.15, 0.2) is 0 Å². The Hall–Kier alpha value is -1.15. The summed E-state index contributed by atoms with van der Waals surface area (Å²) in [5.74, 6) is 0. The molecule has 0 spiro atoms. The molecule has 108 valence electrons. The lowest BCUT2D eigenvalue weighted by Crippen LogP contribution is -2.34. The quantitative estimate of drug-likeness (QED) is 0.809. The highest BCUT2D eigenvalue weighted by Gasteiger charge is 2.18. The Morgan fingerprint density at radius 1 is 0.950 bits per heavy atom. The molecule has 0 radical (unpaired) electrons. The summed E-state index contributed by atoms with van der Waals surface area (Å²) in [4.78, 5) is 7.59. The molecule has 0 N–H and O–H groups in total. The van der Waals surface area contributed by atoms with Crippen LogP contribution >= 0.6 is 0 Å². The van der Waals surface area contributed by atoms with Crippen LogP contribution in [0.4, 0.5) is 0 Å². The van der Waals surface area contributed by atoms with Crippen LogP contribution in [0.2, 0.25) is 0 Å². The van der Waals surface area contributed by atoms with Crippen LogP contribution in [0, 0.1) is 0 Å². The molecule has 1 aliphatic carbocycles. The van der Waals surface area contributed by atoms with Crippen molar-refractivity contribution < 1.29 is 0 Å². The van der Waals surface area contributed by atoms with E-state index >= 15 is 0 Å². The van der Waals surface area contributed by atoms with Gasteiger partial charge in [-0.15, -0.1) is 0 Å². The van der Waals surface area contributed by atoms with E-state index in [1.165, 1.54) is 69.3 Å². The van der Waals surface area contributed by atoms with Crippen molar-refractivity contribution in [2.75, 3.05) is 13.1 Å². The summed E-state index contributed by atoms with van der Waals surface area (Å²) >= 11 is 0. The Labute approximate surface area is 122 Å². The molecular formula is C18H26N2. The van der Waals surface area contributed by atoms with Gasteiger partial charge in [-0.25, -0.2) is 0 Å². The van der Waals surface area contributed by atoms with E-state index in [2.05, 4.69) is 35.2 Å². The van der Waals surface area contributed by atoms with E-state index in [4.69, 9.17) is 4.99 Å². The molecule has 20 heavy (non-hydrogen) atoms. The van der Waals surface area contributed by atoms with Gasteiger partial charge in [0.25, 0.3) is 0 Å². The molecule has 1 heterocycles. The van der Waals surface area contributed by atoms with Gasteiger partial charge in [0.1, 0.15) is 0 Å². The lowest BCUT2D eigenvalue weighted by atomic mass is 9.95. The zero-order valence-corrected chi connectivity index (χ0v) is 12.4. The van der Waals surface area contributed by atoms with Crippen LogP contribution in [0.3, 0.4) is 0 Å². The number of hydrogen-bond donors (Lipinski definition) is 0. The van der Waals surface area contributed by atoms with Crippen molar-refractivity contribution in [3.05, 3.63) is 35.9 Å². The van der Waals surface area contributed by atoms with Gasteiger partial charge in [-0.2, -0.15) is 0 Å². The molecule has 2 heteroatoms. The van der Waals surface area contributed by atoms with E-state index in [1.54, 1.807) is 0 Å². The highest BCUT2D eigenvalue weighted by Crippen LogP contribution is 2.22. The Morgan fingerprint density at radius 2 is 1.65 bits per heavy atom. The smallest absolute Gasteiger partial charge is 0.0499 e. The van der Waals surface area contributed by atoms with Gasteiger partial charge in [0.05, 0.1) is 0 Å². The van der Waals surface area contributed by atoms with Crippen LogP contribution in [0.5, 0.6) is 0 Å². The van der Waals surface area contributed by atoms with Gasteiger partial charge >= 0.3 is 0 Å². The summed E-state index contributed by atoms with van der Waals surface area (Å²) in [6.07, 6.45) is 9.23. The molecule has 0 bridgehead atoms. The van der Waals surface area contributed by atoms with Crippen LogP contribution < -0.4 is 0 Å². The fourth-order valence-corrected chi connectivity index (χ4v) is 3.41. The Morgan fingerprint density at radius 3 is 2.35 bits per heavy atom. The summed E-state index contributed by atoms with van der Waals surface area (Å²) in [5.41, 5.74) is 2.92. The summed E-state index contributed by atoms with van der Waals surface area (Å²) in [6, 6.07) is 11.5. The van der Waals surface area contributed by atoms with Gasteiger partial charge in [0, 0.05) is 31.4 Å². The number of hydrogen-bond acceptors (Lipinski definition) is 2. The third kappa shape index (κ3) is 3.92. The highest BCUT2D eigenvalue weighted by molar-refractivity contribution is 5.85. The molecular weight excluding hydrogens is 244 g/mol. The van der Waals surface area contributed by atoms with Crippen molar-refractivity contribution in [3.8, 4) is 0 Å². The first kappa shape index (κ1) is 13.8. The normalized spacial score (nSPS) is 21.9. The zero-order valence-electron chi connectivity index (χ0n) is 12.4. The van der Waals surface area contributed by atoms with Gasteiger partial charge < -0.3 is 0 Å². The summed E-state index contributed by atoms with van der Waals surface area (Å²) < 4.78 is 0. The maximum Gasteiger partial charge on any atom is 0.0499 e. The van der Waals surface area contributed by atoms with Crippen LogP contribution in [-0.4, -0.2) is 29.7 Å². The monoisotopic (exact) mass is 270 g/mol. The minimum atomic E-state index is 0.652. The first-order valence-corrected chi connectivity index (χ1v) is 8.22. The molecule has 1 aromatic rings. The maximum atomic E-state index is 5.03. The second kappa shape index (κ2) is 7.03. The molecule has 3 rings (SSSR count). The van der Waals surface area contributed by atoms with E-state index in [9.17, 15) is 0 Å². The summed E-state index contributed by atoms with van der Waals surface area (Å²) in [7, 11) is 0. The van der Waals surface area contributed by atoms with Crippen molar-refractivity contribution in [2.45, 2.75) is 57.5 Å². The van der Waals surface area contributed by atoms with Crippen LogP contribution in [0.25, 0.3) is 0 Å². The predicted molar refractivity (Wildman–Crippen MR) is 85.3 cm³/mol. The SMILES string of the molecule is c1ccc(CN2CCC(=NC3CCCCC3)CC2)cc1. The average molecular weight is 270 g/mol. The lowest BCUT2D eigenvalue weighted by molar-refractivity contribution is 0.265. The van der Waals surface area contributed by atoms with E-state index in [0.29, 0.717) is 6.04 Å². The summed E-state index contributed by atoms with van der Waals surface area (Å²) in [5, 5.41) is 0. The first-order chi connectivity index (χ1) is 9.90. The second-order valence-electron chi connectivity index (χ2n) is 6.25. The highest BCUT2D eigenvalue weighted by atomic mass is 15.1. The maximum absolute atomic E-state index is 5.03. The largest absolute Gasteiger partial charge is 0.298 e. The van der Waals surface area contributed by atoms with Crippen LogP contribution in [-0.2, 0) is 6.54 Å². The minimum absolute atomic E-state index is 0.652. The Balaban J connectivity index is 1.48. The molecule has 0 amide bonds. The number of nitrogens with zero attached hydrogens (tertiary/aromatic N) is 2. The molecule has 2 aliphatic rings. The molecule has 1 saturated carbocycles. The standard InChI is InChI=1S/C18H26N2/c1-3-7-16(8-4-1)15-20-13-11-18(12-14-20)19-17-9-5-2-6-10-17/h1,3-4,7-8,17H,2,5-6,9-15H2. The Bertz CT molecular complexity index is 422. The van der Waals surface area contributed by atoms with Crippen molar-refractivity contribution in [1.29, 1.82) is 0 Å². The fraction of sp³-hybridized carbons (Fsp3) is 0.611. The van der Waals surface area contributed by atoms with E-state index in [-0.39, 0.29) is 0 Å². The second-order valence-corrected chi connectivity index (χ2v) is 6.25. The molecule has 0 atom stereocenters. The van der Waals surface area contributed by atoms with Crippen molar-refractivity contribution in [2.24, 2.45) is 4.99 Å². The van der Waals surface area contributed by atoms with E-state index in [1.807, 2.05) is 0 Å². The Kier molecular flexibility index (Phi) is 4.86. The molecule has 1 saturated heterocycles. The van der Waals surface area contributed by atoms with Gasteiger partial charge in [0.2, 0.25) is 0 Å². The molecule has 2 fully saturated rings. The van der Waals surface area contributed by atoms with Crippen LogP contribution in [0.15, 0.2) is 35.3 Å². The zero-order chi connectivity index (χ0) is 13.6. The number of rotatable bonds is 3. The predicted octanol–water partition coefficient (Wildman–Crippen LogP) is 4.06. The molecule has 1 aromatic carbocycles. The first-order valence-electron chi connectivity index (χ1n) is 8.22. The van der Waals surface area contributed by atoms with E-state index < -0.39 is 0 Å². The number of piperidine rings is 1. The van der Waals surface area contributed by atoms with Gasteiger partial charge in [-0.3, -0.25) is 9.89 Å². The third-order valence-electron chi connectivity index (χ3n) is 4.62. The van der Waals surface area contributed by atoms with Crippen molar-refractivity contribution in [3.63, 3.8) is 0 Å². The number of likely N-dealkylation sites (tertiary alicyclic amines) is 1. The van der Waals surface area contributed by atoms with Gasteiger partial charge in [-0.1, -0.05) is 49.6 Å². The lowest BCUT2D eigenvalue weighted by Gasteiger charge is -2.29. The summed E-state index contributed by atoms with van der Waals surface area (Å²) in [6.45, 7) is 3.46. The third-order valence-corrected chi connectivity index (χ3v) is 4.62. The van der Waals surface area contributed by atoms with Crippen molar-refractivity contribution in [1.82, 2.24) is 4.90 Å². The molecule has 0 unspecified atom stereocenters.